The van der Waals surface area contributed by atoms with Gasteiger partial charge in [0.1, 0.15) is 6.04 Å². The minimum Gasteiger partial charge on any atom is -0.466 e. The zero-order valence-electron chi connectivity index (χ0n) is 26.3. The molecule has 4 amide bonds. The molecule has 3 fully saturated rings. The van der Waals surface area contributed by atoms with Gasteiger partial charge in [-0.2, -0.15) is 13.5 Å². The summed E-state index contributed by atoms with van der Waals surface area (Å²) >= 11 is 0. The SMILES string of the molecule is CCOC(=O)C(C)(C)COS(=O)(=O)ON1C(=O)N2C[C@H]1CC[C@H]2C(=O)NC1CCN(C(=O)OC(C)OC(=O)C(C)(C)C)CC1. The Hall–Kier alpha value is -3.18. The molecule has 3 rings (SSSR count). The normalized spacial score (nSPS) is 22.0. The number of hydrogen-bond acceptors (Lipinski definition) is 12. The van der Waals surface area contributed by atoms with Gasteiger partial charge in [-0.3, -0.25) is 14.4 Å². The first-order valence-corrected chi connectivity index (χ1v) is 16.0. The van der Waals surface area contributed by atoms with E-state index < -0.39 is 76.2 Å². The Kier molecular flexibility index (Phi) is 11.1. The van der Waals surface area contributed by atoms with Crippen LogP contribution in [0.25, 0.3) is 0 Å². The number of nitrogens with zero attached hydrogens (tertiary/aromatic N) is 3. The van der Waals surface area contributed by atoms with Gasteiger partial charge in [0.2, 0.25) is 12.2 Å². The Balaban J connectivity index is 1.47. The van der Waals surface area contributed by atoms with E-state index in [1.807, 2.05) is 0 Å². The topological polar surface area (TPSA) is 187 Å². The van der Waals surface area contributed by atoms with Crippen molar-refractivity contribution in [2.75, 3.05) is 32.8 Å². The zero-order chi connectivity index (χ0) is 33.0. The summed E-state index contributed by atoms with van der Waals surface area (Å²) in [5.74, 6) is -1.54. The van der Waals surface area contributed by atoms with E-state index in [4.69, 9.17) is 22.7 Å². The first-order chi connectivity index (χ1) is 20.3. The Bertz CT molecular complexity index is 1210. The van der Waals surface area contributed by atoms with E-state index >= 15 is 0 Å². The predicted octanol–water partition coefficient (Wildman–Crippen LogP) is 1.69. The molecule has 17 heteroatoms. The average molecular weight is 649 g/mol. The summed E-state index contributed by atoms with van der Waals surface area (Å²) < 4.78 is 50.1. The van der Waals surface area contributed by atoms with Crippen LogP contribution in [0.1, 0.15) is 74.1 Å². The van der Waals surface area contributed by atoms with Crippen molar-refractivity contribution < 1.29 is 55.1 Å². The van der Waals surface area contributed by atoms with Crippen LogP contribution in [-0.4, -0.2) is 111 Å². The summed E-state index contributed by atoms with van der Waals surface area (Å²) in [6.07, 6.45) is -0.211. The second-order valence-electron chi connectivity index (χ2n) is 12.7. The van der Waals surface area contributed by atoms with Crippen LogP contribution in [0.15, 0.2) is 0 Å². The Morgan fingerprint density at radius 3 is 2.20 bits per heavy atom. The molecule has 16 nitrogen and oxygen atoms in total. The van der Waals surface area contributed by atoms with E-state index in [1.54, 1.807) is 27.7 Å². The average Bonchev–Trinajstić information content (AvgIpc) is 3.15. The molecule has 0 aliphatic carbocycles. The monoisotopic (exact) mass is 648 g/mol. The Morgan fingerprint density at radius 1 is 0.977 bits per heavy atom. The fraction of sp³-hybridized carbons (Fsp3) is 0.815. The molecule has 3 heterocycles. The predicted molar refractivity (Wildman–Crippen MR) is 151 cm³/mol. The van der Waals surface area contributed by atoms with Crippen molar-refractivity contribution in [3.05, 3.63) is 0 Å². The quantitative estimate of drug-likeness (QED) is 0.253. The van der Waals surface area contributed by atoms with Crippen LogP contribution in [0, 0.1) is 10.8 Å². The highest BCUT2D eigenvalue weighted by molar-refractivity contribution is 7.81. The lowest BCUT2D eigenvalue weighted by Gasteiger charge is -2.35. The summed E-state index contributed by atoms with van der Waals surface area (Å²) in [7, 11) is -4.71. The molecule has 0 aromatic heterocycles. The van der Waals surface area contributed by atoms with E-state index in [1.165, 1.54) is 30.6 Å². The molecular weight excluding hydrogens is 604 g/mol. The van der Waals surface area contributed by atoms with Gasteiger partial charge in [0.25, 0.3) is 0 Å². The van der Waals surface area contributed by atoms with Gasteiger partial charge < -0.3 is 29.3 Å². The van der Waals surface area contributed by atoms with E-state index in [0.29, 0.717) is 37.4 Å². The second-order valence-corrected chi connectivity index (χ2v) is 13.9. The van der Waals surface area contributed by atoms with Crippen molar-refractivity contribution in [3.63, 3.8) is 0 Å². The van der Waals surface area contributed by atoms with Crippen molar-refractivity contribution in [1.29, 1.82) is 0 Å². The largest absolute Gasteiger partial charge is 0.466 e. The van der Waals surface area contributed by atoms with Crippen molar-refractivity contribution in [2.45, 2.75) is 98.6 Å². The van der Waals surface area contributed by atoms with Crippen molar-refractivity contribution >= 4 is 40.4 Å². The molecule has 1 unspecified atom stereocenters. The maximum Gasteiger partial charge on any atom is 0.421 e. The molecule has 0 aromatic rings. The highest BCUT2D eigenvalue weighted by Crippen LogP contribution is 2.32. The molecule has 0 radical (unpaired) electrons. The number of carbonyl (C=O) groups is 5. The summed E-state index contributed by atoms with van der Waals surface area (Å²) in [5.41, 5.74) is -2.02. The number of hydrogen-bond donors (Lipinski definition) is 1. The molecule has 3 aliphatic heterocycles. The third-order valence-corrected chi connectivity index (χ3v) is 8.19. The molecule has 3 saturated heterocycles. The van der Waals surface area contributed by atoms with Crippen molar-refractivity contribution in [2.24, 2.45) is 10.8 Å². The van der Waals surface area contributed by atoms with Gasteiger partial charge in [0, 0.05) is 32.6 Å². The Morgan fingerprint density at radius 2 is 1.61 bits per heavy atom. The van der Waals surface area contributed by atoms with E-state index in [0.717, 1.165) is 0 Å². The van der Waals surface area contributed by atoms with Crippen molar-refractivity contribution in [3.8, 4) is 0 Å². The maximum atomic E-state index is 13.2. The molecule has 0 aromatic carbocycles. The number of likely N-dealkylation sites (tertiary alicyclic amines) is 1. The lowest BCUT2D eigenvalue weighted by Crippen LogP contribution is -2.54. The standard InChI is InChI=1S/C27H44N4O12S/c1-8-39-23(34)27(6,7)16-40-44(37,38)43-31-19-9-10-20(30(15-19)24(31)35)21(32)28-18-11-13-29(14-12-18)25(36)42-17(2)41-22(33)26(3,4)5/h17-20H,8-16H2,1-7H3,(H,28,32)/t17?,19-,20+/m1/s1. The van der Waals surface area contributed by atoms with Crippen molar-refractivity contribution in [1.82, 2.24) is 20.2 Å². The second kappa shape index (κ2) is 13.9. The van der Waals surface area contributed by atoms with Crippen LogP contribution in [0.5, 0.6) is 0 Å². The van der Waals surface area contributed by atoms with Gasteiger partial charge in [-0.1, -0.05) is 0 Å². The summed E-state index contributed by atoms with van der Waals surface area (Å²) in [4.78, 5) is 65.5. The smallest absolute Gasteiger partial charge is 0.421 e. The van der Waals surface area contributed by atoms with Crippen LogP contribution >= 0.6 is 0 Å². The molecule has 3 aliphatic rings. The first kappa shape index (κ1) is 35.3. The number of fused-ring (bicyclic) bond motifs is 2. The number of rotatable bonds is 11. The number of esters is 2. The lowest BCUT2D eigenvalue weighted by molar-refractivity contribution is -0.175. The van der Waals surface area contributed by atoms with Gasteiger partial charge in [-0.15, -0.1) is 4.28 Å². The van der Waals surface area contributed by atoms with E-state index in [2.05, 4.69) is 5.32 Å². The minimum absolute atomic E-state index is 0.0863. The molecule has 44 heavy (non-hydrogen) atoms. The van der Waals surface area contributed by atoms with Crippen LogP contribution in [-0.2, 0) is 47.5 Å². The molecule has 1 N–H and O–H groups in total. The van der Waals surface area contributed by atoms with Gasteiger partial charge in [-0.25, -0.2) is 13.8 Å². The first-order valence-electron chi connectivity index (χ1n) is 14.7. The fourth-order valence-electron chi connectivity index (χ4n) is 4.80. The number of urea groups is 1. The number of nitrogens with one attached hydrogen (secondary N) is 1. The summed E-state index contributed by atoms with van der Waals surface area (Å²) in [5, 5.41) is 3.63. The van der Waals surface area contributed by atoms with Crippen LogP contribution in [0.3, 0.4) is 0 Å². The molecule has 250 valence electrons. The zero-order valence-corrected chi connectivity index (χ0v) is 27.1. The Labute approximate surface area is 257 Å². The van der Waals surface area contributed by atoms with Gasteiger partial charge in [-0.05, 0) is 67.2 Å². The molecule has 0 spiro atoms. The van der Waals surface area contributed by atoms with E-state index in [-0.39, 0.29) is 25.6 Å². The number of hydroxylamine groups is 2. The van der Waals surface area contributed by atoms with E-state index in [9.17, 15) is 32.4 Å². The van der Waals surface area contributed by atoms with Gasteiger partial charge >= 0.3 is 34.5 Å². The third kappa shape index (κ3) is 8.94. The molecule has 3 atom stereocenters. The van der Waals surface area contributed by atoms with Gasteiger partial charge in [0.15, 0.2) is 0 Å². The fourth-order valence-corrected chi connectivity index (χ4v) is 5.66. The molecule has 0 saturated carbocycles. The number of amides is 4. The summed E-state index contributed by atoms with van der Waals surface area (Å²) in [6, 6.07) is -2.49. The minimum atomic E-state index is -4.71. The highest BCUT2D eigenvalue weighted by Gasteiger charge is 2.50. The van der Waals surface area contributed by atoms with Gasteiger partial charge in [0.05, 0.1) is 30.1 Å². The van der Waals surface area contributed by atoms with Crippen LogP contribution < -0.4 is 5.32 Å². The number of carbonyl (C=O) groups excluding carboxylic acids is 5. The third-order valence-electron chi connectivity index (χ3n) is 7.44. The summed E-state index contributed by atoms with van der Waals surface area (Å²) in [6.45, 7) is 11.3. The number of piperidine rings is 2. The van der Waals surface area contributed by atoms with Crippen LogP contribution in [0.2, 0.25) is 0 Å². The highest BCUT2D eigenvalue weighted by atomic mass is 32.3. The van der Waals surface area contributed by atoms with Crippen LogP contribution in [0.4, 0.5) is 9.59 Å². The lowest BCUT2D eigenvalue weighted by atomic mass is 9.95. The molecule has 2 bridgehead atoms. The maximum absolute atomic E-state index is 13.2. The molecular formula is C27H44N4O12S. The number of ether oxygens (including phenoxy) is 3.